The van der Waals surface area contributed by atoms with Gasteiger partial charge in [-0.3, -0.25) is 0 Å². The van der Waals surface area contributed by atoms with Gasteiger partial charge in [0.25, 0.3) is 0 Å². The molecule has 1 aromatic heterocycles. The molecule has 4 bridgehead atoms. The second kappa shape index (κ2) is 11.2. The Bertz CT molecular complexity index is 1110. The lowest BCUT2D eigenvalue weighted by molar-refractivity contribution is -0.0699. The van der Waals surface area contributed by atoms with Gasteiger partial charge in [-0.05, 0) is 74.3 Å². The molecule has 6 atom stereocenters. The van der Waals surface area contributed by atoms with Crippen LogP contribution in [0.5, 0.6) is 5.75 Å². The van der Waals surface area contributed by atoms with Crippen molar-refractivity contribution in [1.82, 2.24) is 15.3 Å². The van der Waals surface area contributed by atoms with Crippen molar-refractivity contribution in [2.45, 2.75) is 57.2 Å². The lowest BCUT2D eigenvalue weighted by Gasteiger charge is -2.60. The molecule has 9 nitrogen and oxygen atoms in total. The van der Waals surface area contributed by atoms with Gasteiger partial charge in [-0.1, -0.05) is 18.2 Å². The molecule has 1 unspecified atom stereocenters. The zero-order valence-electron chi connectivity index (χ0n) is 21.5. The summed E-state index contributed by atoms with van der Waals surface area (Å²) in [6.45, 7) is 1.89. The van der Waals surface area contributed by atoms with Crippen molar-refractivity contribution in [3.8, 4) is 11.8 Å². The number of hydrogen-bond donors (Lipinski definition) is 5. The first-order chi connectivity index (χ1) is 18.0. The molecule has 2 aromatic rings. The van der Waals surface area contributed by atoms with Crippen molar-refractivity contribution in [3.05, 3.63) is 41.6 Å². The maximum Gasteiger partial charge on any atom is 0.224 e. The normalized spacial score (nSPS) is 28.5. The van der Waals surface area contributed by atoms with Crippen molar-refractivity contribution in [1.29, 1.82) is 5.26 Å². The standard InChI is InChI=1S/C28H38N6O3/c1-37-24-5-3-2-4-19(24)14-31-27-32-15-22(13-29)26(34-27)33-17-28-10-18-8-20(11-28)25(21(9-18)12-28)30-7-6-23(36)16-35/h2-5,15,18,20-21,23,25,30,35-36H,6-12,14,16-17H2,1H3,(H2,31,32,33,34)/t18?,20-,21+,23-,25-,28-/m1/s1. The van der Waals surface area contributed by atoms with Crippen LogP contribution in [-0.4, -0.2) is 59.1 Å². The van der Waals surface area contributed by atoms with Crippen LogP contribution in [-0.2, 0) is 6.54 Å². The highest BCUT2D eigenvalue weighted by Crippen LogP contribution is 2.60. The van der Waals surface area contributed by atoms with Crippen LogP contribution in [0, 0.1) is 34.5 Å². The highest BCUT2D eigenvalue weighted by molar-refractivity contribution is 5.53. The topological polar surface area (TPSA) is 135 Å². The Kier molecular flexibility index (Phi) is 7.79. The number of para-hydroxylation sites is 1. The predicted molar refractivity (Wildman–Crippen MR) is 141 cm³/mol. The highest BCUT2D eigenvalue weighted by atomic mass is 16.5. The smallest absolute Gasteiger partial charge is 0.224 e. The van der Waals surface area contributed by atoms with E-state index in [0.29, 0.717) is 48.2 Å². The van der Waals surface area contributed by atoms with Gasteiger partial charge in [0.05, 0.1) is 26.0 Å². The van der Waals surface area contributed by atoms with Crippen LogP contribution < -0.4 is 20.7 Å². The van der Waals surface area contributed by atoms with Gasteiger partial charge in [0, 0.05) is 24.7 Å². The number of nitriles is 1. The average molecular weight is 507 g/mol. The van der Waals surface area contributed by atoms with E-state index in [2.05, 4.69) is 32.0 Å². The molecule has 0 radical (unpaired) electrons. The summed E-state index contributed by atoms with van der Waals surface area (Å²) in [6, 6.07) is 10.6. The third-order valence-electron chi connectivity index (χ3n) is 8.64. The molecule has 0 amide bonds. The summed E-state index contributed by atoms with van der Waals surface area (Å²) in [5.74, 6) is 3.91. The monoisotopic (exact) mass is 506 g/mol. The summed E-state index contributed by atoms with van der Waals surface area (Å²) >= 11 is 0. The number of ether oxygens (including phenoxy) is 1. The summed E-state index contributed by atoms with van der Waals surface area (Å²) in [4.78, 5) is 9.00. The van der Waals surface area contributed by atoms with Crippen molar-refractivity contribution in [2.75, 3.05) is 37.4 Å². The van der Waals surface area contributed by atoms with Gasteiger partial charge in [0.15, 0.2) is 0 Å². The molecule has 198 valence electrons. The van der Waals surface area contributed by atoms with E-state index in [4.69, 9.17) is 9.84 Å². The van der Waals surface area contributed by atoms with Crippen molar-refractivity contribution >= 4 is 11.8 Å². The van der Waals surface area contributed by atoms with Crippen LogP contribution >= 0.6 is 0 Å². The van der Waals surface area contributed by atoms with E-state index < -0.39 is 6.10 Å². The zero-order chi connectivity index (χ0) is 25.8. The molecular formula is C28H38N6O3. The molecule has 6 rings (SSSR count). The first kappa shape index (κ1) is 25.7. The molecule has 4 fully saturated rings. The number of hydrogen-bond acceptors (Lipinski definition) is 9. The maximum absolute atomic E-state index is 9.69. The Balaban J connectivity index is 1.22. The number of aliphatic hydroxyl groups is 2. The Morgan fingerprint density at radius 3 is 2.70 bits per heavy atom. The molecular weight excluding hydrogens is 468 g/mol. The van der Waals surface area contributed by atoms with E-state index >= 15 is 0 Å². The van der Waals surface area contributed by atoms with Crippen LogP contribution in [0.2, 0.25) is 0 Å². The largest absolute Gasteiger partial charge is 0.496 e. The third kappa shape index (κ3) is 5.66. The first-order valence-electron chi connectivity index (χ1n) is 13.4. The van der Waals surface area contributed by atoms with Gasteiger partial charge in [-0.2, -0.15) is 10.2 Å². The molecule has 4 aliphatic rings. The Hall–Kier alpha value is -2.93. The van der Waals surface area contributed by atoms with Crippen LogP contribution in [0.4, 0.5) is 11.8 Å². The lowest BCUT2D eigenvalue weighted by atomic mass is 9.48. The van der Waals surface area contributed by atoms with Crippen LogP contribution in [0.15, 0.2) is 30.5 Å². The van der Waals surface area contributed by atoms with E-state index in [0.717, 1.165) is 30.3 Å². The molecule has 1 aromatic carbocycles. The second-order valence-corrected chi connectivity index (χ2v) is 11.2. The fourth-order valence-corrected chi connectivity index (χ4v) is 7.23. The SMILES string of the molecule is COc1ccccc1CNc1ncc(C#N)c(NC[C@]23CC4C[C@H](C2)[C@@H](NCC[C@@H](O)CO)[C@@H](C4)C3)n1. The van der Waals surface area contributed by atoms with E-state index in [1.165, 1.54) is 32.1 Å². The number of rotatable bonds is 12. The summed E-state index contributed by atoms with van der Waals surface area (Å²) in [7, 11) is 1.66. The molecule has 37 heavy (non-hydrogen) atoms. The van der Waals surface area contributed by atoms with Gasteiger partial charge < -0.3 is 30.9 Å². The number of methoxy groups -OCH3 is 1. The number of anilines is 2. The summed E-state index contributed by atoms with van der Waals surface area (Å²) in [5, 5.41) is 39.0. The third-order valence-corrected chi connectivity index (χ3v) is 8.64. The maximum atomic E-state index is 9.69. The number of aliphatic hydroxyl groups excluding tert-OH is 2. The number of benzene rings is 1. The predicted octanol–water partition coefficient (Wildman–Crippen LogP) is 2.91. The molecule has 4 saturated carbocycles. The Morgan fingerprint density at radius 2 is 1.97 bits per heavy atom. The average Bonchev–Trinajstić information content (AvgIpc) is 2.92. The molecule has 1 heterocycles. The van der Waals surface area contributed by atoms with Gasteiger partial charge in [0.2, 0.25) is 5.95 Å². The van der Waals surface area contributed by atoms with Crippen LogP contribution in [0.25, 0.3) is 0 Å². The molecule has 0 aliphatic heterocycles. The number of nitrogens with zero attached hydrogens (tertiary/aromatic N) is 3. The Labute approximate surface area is 218 Å². The van der Waals surface area contributed by atoms with E-state index in [1.54, 1.807) is 13.3 Å². The molecule has 0 saturated heterocycles. The highest BCUT2D eigenvalue weighted by Gasteiger charge is 2.55. The summed E-state index contributed by atoms with van der Waals surface area (Å²) in [5.41, 5.74) is 1.69. The van der Waals surface area contributed by atoms with Gasteiger partial charge in [-0.15, -0.1) is 0 Å². The molecule has 9 heteroatoms. The fraction of sp³-hybridized carbons (Fsp3) is 0.607. The summed E-state index contributed by atoms with van der Waals surface area (Å²) < 4.78 is 5.43. The van der Waals surface area contributed by atoms with E-state index in [-0.39, 0.29) is 12.0 Å². The van der Waals surface area contributed by atoms with Crippen LogP contribution in [0.3, 0.4) is 0 Å². The van der Waals surface area contributed by atoms with Crippen LogP contribution in [0.1, 0.15) is 49.7 Å². The van der Waals surface area contributed by atoms with Gasteiger partial charge in [-0.25, -0.2) is 4.98 Å². The molecule has 5 N–H and O–H groups in total. The Morgan fingerprint density at radius 1 is 1.19 bits per heavy atom. The first-order valence-corrected chi connectivity index (χ1v) is 13.4. The van der Waals surface area contributed by atoms with Crippen molar-refractivity contribution in [2.24, 2.45) is 23.2 Å². The minimum atomic E-state index is -0.642. The molecule has 0 spiro atoms. The zero-order valence-corrected chi connectivity index (χ0v) is 21.5. The van der Waals surface area contributed by atoms with Crippen molar-refractivity contribution < 1.29 is 14.9 Å². The molecule has 4 aliphatic carbocycles. The lowest BCUT2D eigenvalue weighted by Crippen LogP contribution is -2.59. The number of nitrogens with one attached hydrogen (secondary N) is 3. The minimum absolute atomic E-state index is 0.179. The fourth-order valence-electron chi connectivity index (χ4n) is 7.23. The summed E-state index contributed by atoms with van der Waals surface area (Å²) in [6.07, 6.45) is 7.63. The van der Waals surface area contributed by atoms with E-state index in [9.17, 15) is 10.4 Å². The quantitative estimate of drug-likeness (QED) is 0.294. The van der Waals surface area contributed by atoms with E-state index in [1.807, 2.05) is 24.3 Å². The van der Waals surface area contributed by atoms with Crippen molar-refractivity contribution in [3.63, 3.8) is 0 Å². The van der Waals surface area contributed by atoms with Gasteiger partial charge >= 0.3 is 0 Å². The number of aromatic nitrogens is 2. The minimum Gasteiger partial charge on any atom is -0.496 e. The van der Waals surface area contributed by atoms with Gasteiger partial charge in [0.1, 0.15) is 23.2 Å². The second-order valence-electron chi connectivity index (χ2n) is 11.2.